The third-order valence-corrected chi connectivity index (χ3v) is 5.71. The molecule has 8 nitrogen and oxygen atoms in total. The summed E-state index contributed by atoms with van der Waals surface area (Å²) in [5.41, 5.74) is 2.57. The lowest BCUT2D eigenvalue weighted by Gasteiger charge is -2.35. The molecule has 2 aliphatic heterocycles. The molecule has 8 heteroatoms. The number of aromatic nitrogens is 3. The number of nitrogens with one attached hydrogen (secondary N) is 1. The fourth-order valence-electron chi connectivity index (χ4n) is 4.13. The van der Waals surface area contributed by atoms with Crippen LogP contribution in [0.15, 0.2) is 24.5 Å². The Morgan fingerprint density at radius 2 is 2.07 bits per heavy atom. The van der Waals surface area contributed by atoms with E-state index < -0.39 is 0 Å². The van der Waals surface area contributed by atoms with Gasteiger partial charge in [0.25, 0.3) is 5.91 Å². The Morgan fingerprint density at radius 1 is 1.21 bits per heavy atom. The minimum Gasteiger partial charge on any atom is -0.373 e. The number of anilines is 1. The molecule has 0 bridgehead atoms. The highest BCUT2D eigenvalue weighted by molar-refractivity contribution is 5.95. The van der Waals surface area contributed by atoms with Crippen LogP contribution < -0.4 is 5.32 Å². The molecule has 0 spiro atoms. The van der Waals surface area contributed by atoms with Crippen LogP contribution in [-0.2, 0) is 17.8 Å². The van der Waals surface area contributed by atoms with Crippen molar-refractivity contribution >= 4 is 17.6 Å². The van der Waals surface area contributed by atoms with Crippen molar-refractivity contribution in [3.8, 4) is 0 Å². The van der Waals surface area contributed by atoms with E-state index in [0.717, 1.165) is 42.9 Å². The minimum absolute atomic E-state index is 0.0198. The number of fused-ring (bicyclic) bond motifs is 1. The molecular formula is C21H26N6O2. The van der Waals surface area contributed by atoms with E-state index in [2.05, 4.69) is 15.3 Å². The smallest absolute Gasteiger partial charge is 0.254 e. The average Bonchev–Trinajstić information content (AvgIpc) is 2.77. The number of hydrogen-bond donors (Lipinski definition) is 1. The number of likely N-dealkylation sites (tertiary alicyclic amines) is 1. The summed E-state index contributed by atoms with van der Waals surface area (Å²) in [5.74, 6) is 1.45. The van der Waals surface area contributed by atoms with Gasteiger partial charge in [0.1, 0.15) is 5.82 Å². The fraction of sp³-hybridized carbons (Fsp3) is 0.476. The van der Waals surface area contributed by atoms with E-state index in [9.17, 15) is 9.59 Å². The summed E-state index contributed by atoms with van der Waals surface area (Å²) in [5, 5.41) is 2.96. The number of nitrogens with zero attached hydrogens (tertiary/aromatic N) is 5. The van der Waals surface area contributed by atoms with Crippen LogP contribution in [0, 0.1) is 0 Å². The van der Waals surface area contributed by atoms with Crippen molar-refractivity contribution < 1.29 is 9.59 Å². The van der Waals surface area contributed by atoms with Crippen LogP contribution in [0.5, 0.6) is 0 Å². The van der Waals surface area contributed by atoms with Gasteiger partial charge in [0.15, 0.2) is 5.82 Å². The number of amides is 2. The van der Waals surface area contributed by atoms with Crippen LogP contribution >= 0.6 is 0 Å². The van der Waals surface area contributed by atoms with Crippen molar-refractivity contribution in [2.24, 2.45) is 0 Å². The van der Waals surface area contributed by atoms with Gasteiger partial charge in [0.2, 0.25) is 5.91 Å². The van der Waals surface area contributed by atoms with Crippen molar-refractivity contribution in [3.63, 3.8) is 0 Å². The monoisotopic (exact) mass is 394 g/mol. The highest BCUT2D eigenvalue weighted by Gasteiger charge is 2.30. The summed E-state index contributed by atoms with van der Waals surface area (Å²) < 4.78 is 0. The molecular weight excluding hydrogens is 368 g/mol. The molecule has 1 fully saturated rings. The number of rotatable bonds is 3. The van der Waals surface area contributed by atoms with Crippen LogP contribution in [-0.4, -0.2) is 56.7 Å². The molecule has 1 saturated heterocycles. The summed E-state index contributed by atoms with van der Waals surface area (Å²) in [7, 11) is 1.78. The van der Waals surface area contributed by atoms with Crippen molar-refractivity contribution in [2.45, 2.75) is 45.2 Å². The van der Waals surface area contributed by atoms with Gasteiger partial charge in [0.05, 0.1) is 11.7 Å². The zero-order chi connectivity index (χ0) is 20.4. The van der Waals surface area contributed by atoms with Crippen LogP contribution in [0.1, 0.15) is 59.7 Å². The Hall–Kier alpha value is -3.03. The normalized spacial score (nSPS) is 18.9. The van der Waals surface area contributed by atoms with E-state index in [4.69, 9.17) is 4.98 Å². The Kier molecular flexibility index (Phi) is 5.42. The van der Waals surface area contributed by atoms with Gasteiger partial charge in [-0.2, -0.15) is 0 Å². The fourth-order valence-corrected chi connectivity index (χ4v) is 4.13. The maximum absolute atomic E-state index is 12.9. The lowest BCUT2D eigenvalue weighted by atomic mass is 10.00. The van der Waals surface area contributed by atoms with Crippen LogP contribution in [0.4, 0.5) is 5.82 Å². The molecule has 2 aliphatic rings. The molecule has 152 valence electrons. The van der Waals surface area contributed by atoms with Gasteiger partial charge in [-0.15, -0.1) is 0 Å². The van der Waals surface area contributed by atoms with Gasteiger partial charge in [-0.05, 0) is 31.4 Å². The largest absolute Gasteiger partial charge is 0.373 e. The number of carbonyl (C=O) groups is 2. The van der Waals surface area contributed by atoms with Gasteiger partial charge < -0.3 is 15.1 Å². The number of carbonyl (C=O) groups excluding carboxylic acids is 2. The van der Waals surface area contributed by atoms with Gasteiger partial charge >= 0.3 is 0 Å². The molecule has 29 heavy (non-hydrogen) atoms. The molecule has 0 unspecified atom stereocenters. The third kappa shape index (κ3) is 3.92. The molecule has 0 aromatic carbocycles. The van der Waals surface area contributed by atoms with E-state index in [0.29, 0.717) is 30.9 Å². The summed E-state index contributed by atoms with van der Waals surface area (Å²) in [6.07, 6.45) is 7.17. The Morgan fingerprint density at radius 3 is 2.86 bits per heavy atom. The molecule has 2 aromatic rings. The topological polar surface area (TPSA) is 91.3 Å². The highest BCUT2D eigenvalue weighted by atomic mass is 16.2. The second kappa shape index (κ2) is 8.14. The van der Waals surface area contributed by atoms with Crippen molar-refractivity contribution in [2.75, 3.05) is 25.5 Å². The summed E-state index contributed by atoms with van der Waals surface area (Å²) in [4.78, 5) is 42.1. The average molecular weight is 394 g/mol. The minimum atomic E-state index is -0.0389. The van der Waals surface area contributed by atoms with E-state index in [1.54, 1.807) is 32.3 Å². The number of piperidine rings is 1. The lowest BCUT2D eigenvalue weighted by molar-refractivity contribution is -0.132. The molecule has 1 atom stereocenters. The maximum Gasteiger partial charge on any atom is 0.254 e. The van der Waals surface area contributed by atoms with E-state index in [1.165, 1.54) is 0 Å². The number of pyridine rings is 1. The van der Waals surface area contributed by atoms with Crippen molar-refractivity contribution in [1.29, 1.82) is 0 Å². The molecule has 1 N–H and O–H groups in total. The van der Waals surface area contributed by atoms with Gasteiger partial charge in [-0.25, -0.2) is 15.0 Å². The molecule has 0 aliphatic carbocycles. The molecule has 0 saturated carbocycles. The lowest BCUT2D eigenvalue weighted by Crippen LogP contribution is -2.39. The Balaban J connectivity index is 1.52. The first-order chi connectivity index (χ1) is 14.1. The van der Waals surface area contributed by atoms with Crippen molar-refractivity contribution in [3.05, 3.63) is 47.2 Å². The second-order valence-electron chi connectivity index (χ2n) is 7.58. The Bertz CT molecular complexity index is 931. The second-order valence-corrected chi connectivity index (χ2v) is 7.58. The summed E-state index contributed by atoms with van der Waals surface area (Å²) in [6.45, 7) is 3.48. The third-order valence-electron chi connectivity index (χ3n) is 5.71. The Labute approximate surface area is 170 Å². The zero-order valence-electron chi connectivity index (χ0n) is 16.9. The first-order valence-electron chi connectivity index (χ1n) is 10.1. The molecule has 2 amide bonds. The highest BCUT2D eigenvalue weighted by Crippen LogP contribution is 2.30. The first kappa shape index (κ1) is 19.3. The van der Waals surface area contributed by atoms with Crippen LogP contribution in [0.3, 0.4) is 0 Å². The molecule has 4 heterocycles. The van der Waals surface area contributed by atoms with Gasteiger partial charge in [0, 0.05) is 63.5 Å². The van der Waals surface area contributed by atoms with Gasteiger partial charge in [-0.1, -0.05) is 0 Å². The van der Waals surface area contributed by atoms with Crippen molar-refractivity contribution in [1.82, 2.24) is 24.8 Å². The maximum atomic E-state index is 12.9. The predicted molar refractivity (Wildman–Crippen MR) is 108 cm³/mol. The number of hydrogen-bond acceptors (Lipinski definition) is 6. The van der Waals surface area contributed by atoms with E-state index in [1.807, 2.05) is 16.0 Å². The summed E-state index contributed by atoms with van der Waals surface area (Å²) in [6, 6.07) is 3.46. The van der Waals surface area contributed by atoms with E-state index >= 15 is 0 Å². The van der Waals surface area contributed by atoms with Crippen LogP contribution in [0.2, 0.25) is 0 Å². The first-order valence-corrected chi connectivity index (χ1v) is 10.1. The molecule has 0 radical (unpaired) electrons. The predicted octanol–water partition coefficient (Wildman–Crippen LogP) is 2.19. The molecule has 2 aromatic heterocycles. The zero-order valence-corrected chi connectivity index (χ0v) is 16.9. The van der Waals surface area contributed by atoms with E-state index in [-0.39, 0.29) is 17.9 Å². The SMILES string of the molecule is CNc1cc(C(=O)N2CCc3nc([C@H]4CCCCN4C(C)=O)ncc3C2)ccn1. The molecule has 4 rings (SSSR count). The quantitative estimate of drug-likeness (QED) is 0.858. The standard InChI is InChI=1S/C21H26N6O2/c1-14(28)27-9-4-3-5-18(27)20-24-12-16-13-26(10-7-17(16)25-20)21(29)15-6-8-23-19(11-15)22-2/h6,8,11-12,18H,3-5,7,9-10,13H2,1-2H3,(H,22,23)/t18-/m1/s1. The summed E-state index contributed by atoms with van der Waals surface area (Å²) >= 11 is 0. The van der Waals surface area contributed by atoms with Gasteiger partial charge in [-0.3, -0.25) is 9.59 Å². The van der Waals surface area contributed by atoms with Crippen LogP contribution in [0.25, 0.3) is 0 Å².